The fourth-order valence-corrected chi connectivity index (χ4v) is 4.75. The maximum atomic E-state index is 13.3. The van der Waals surface area contributed by atoms with Gasteiger partial charge in [-0.05, 0) is 29.8 Å². The molecule has 1 saturated heterocycles. The van der Waals surface area contributed by atoms with Gasteiger partial charge >= 0.3 is 18.0 Å². The van der Waals surface area contributed by atoms with Crippen molar-refractivity contribution in [2.24, 2.45) is 5.92 Å². The molecule has 1 fully saturated rings. The first-order chi connectivity index (χ1) is 16.1. The number of hydrogen-bond donors (Lipinski definition) is 2. The van der Waals surface area contributed by atoms with E-state index in [0.717, 1.165) is 16.2 Å². The minimum atomic E-state index is -4.44. The Labute approximate surface area is 194 Å². The molecule has 0 spiro atoms. The molecule has 3 heterocycles. The van der Waals surface area contributed by atoms with Crippen LogP contribution in [0.5, 0.6) is 0 Å². The third-order valence-corrected chi connectivity index (χ3v) is 6.68. The lowest BCUT2D eigenvalue weighted by Gasteiger charge is -2.19. The molecule has 0 aliphatic carbocycles. The number of thiophene rings is 1. The number of nitrogens with one attached hydrogen (secondary N) is 1. The first-order valence-electron chi connectivity index (χ1n) is 10.2. The van der Waals surface area contributed by atoms with Gasteiger partial charge in [0.2, 0.25) is 5.95 Å². The first-order valence-corrected chi connectivity index (χ1v) is 11.0. The van der Waals surface area contributed by atoms with E-state index in [9.17, 15) is 32.3 Å². The molecule has 2 unspecified atom stereocenters. The Morgan fingerprint density at radius 3 is 2.53 bits per heavy atom. The topological polar surface area (TPSA) is 100 Å². The van der Waals surface area contributed by atoms with Gasteiger partial charge < -0.3 is 15.3 Å². The zero-order valence-electron chi connectivity index (χ0n) is 17.5. The van der Waals surface area contributed by atoms with Crippen LogP contribution >= 0.6 is 11.3 Å². The number of carboxylic acid groups (broad SMARTS) is 1. The average molecular weight is 497 g/mol. The lowest BCUT2D eigenvalue weighted by atomic mass is 9.89. The lowest BCUT2D eigenvalue weighted by molar-refractivity contribution is -0.134. The van der Waals surface area contributed by atoms with Crippen molar-refractivity contribution in [3.8, 4) is 0 Å². The van der Waals surface area contributed by atoms with Gasteiger partial charge in [0.15, 0.2) is 0 Å². The summed E-state index contributed by atoms with van der Waals surface area (Å²) in [5, 5.41) is 12.3. The van der Waals surface area contributed by atoms with Crippen molar-refractivity contribution in [2.75, 3.05) is 25.0 Å². The largest absolute Gasteiger partial charge is 0.465 e. The smallest absolute Gasteiger partial charge is 0.425 e. The number of likely N-dealkylation sites (tertiary alicyclic amines) is 1. The standard InChI is InChI=1S/C21H19F4N5O3S/c22-14-3-1-12(2-4-14)16-10-29(20(32)33)8-13(16)7-26-18-27-11-30(19(31)28-18)9-15-5-6-17(34-15)21(23,24)25/h1-6,11,13,16H,7-10H2,(H,32,33)(H,26,28,31). The number of aromatic nitrogens is 3. The molecule has 1 aliphatic rings. The van der Waals surface area contributed by atoms with E-state index in [1.807, 2.05) is 0 Å². The number of halogens is 4. The molecule has 3 aromatic rings. The van der Waals surface area contributed by atoms with E-state index in [1.54, 1.807) is 12.1 Å². The average Bonchev–Trinajstić information content (AvgIpc) is 3.42. The summed E-state index contributed by atoms with van der Waals surface area (Å²) in [4.78, 5) is 32.5. The van der Waals surface area contributed by atoms with E-state index in [-0.39, 0.29) is 44.0 Å². The second kappa shape index (κ2) is 9.41. The maximum absolute atomic E-state index is 13.3. The van der Waals surface area contributed by atoms with Gasteiger partial charge in [-0.15, -0.1) is 11.3 Å². The van der Waals surface area contributed by atoms with E-state index in [0.29, 0.717) is 16.2 Å². The van der Waals surface area contributed by atoms with Gasteiger partial charge in [0.1, 0.15) is 17.0 Å². The molecular weight excluding hydrogens is 478 g/mol. The van der Waals surface area contributed by atoms with Crippen LogP contribution in [-0.4, -0.2) is 50.3 Å². The van der Waals surface area contributed by atoms with Gasteiger partial charge in [0.25, 0.3) is 0 Å². The Bertz CT molecular complexity index is 1230. The summed E-state index contributed by atoms with van der Waals surface area (Å²) in [5.41, 5.74) is 0.107. The number of hydrogen-bond acceptors (Lipinski definition) is 6. The number of benzene rings is 1. The van der Waals surface area contributed by atoms with Crippen LogP contribution in [0.2, 0.25) is 0 Å². The third kappa shape index (κ3) is 5.35. The number of amides is 1. The Kier molecular flexibility index (Phi) is 6.55. The summed E-state index contributed by atoms with van der Waals surface area (Å²) in [6, 6.07) is 8.13. The molecule has 1 aliphatic heterocycles. The fourth-order valence-electron chi connectivity index (χ4n) is 3.88. The Morgan fingerprint density at radius 1 is 1.18 bits per heavy atom. The van der Waals surface area contributed by atoms with Gasteiger partial charge in [-0.2, -0.15) is 18.2 Å². The summed E-state index contributed by atoms with van der Waals surface area (Å²) >= 11 is 0.544. The lowest BCUT2D eigenvalue weighted by Crippen LogP contribution is -2.29. The summed E-state index contributed by atoms with van der Waals surface area (Å²) in [7, 11) is 0. The van der Waals surface area contributed by atoms with Crippen molar-refractivity contribution >= 4 is 23.4 Å². The molecule has 13 heteroatoms. The molecule has 1 aromatic carbocycles. The van der Waals surface area contributed by atoms with E-state index in [1.165, 1.54) is 29.4 Å². The van der Waals surface area contributed by atoms with Crippen molar-refractivity contribution < 1.29 is 27.5 Å². The fraction of sp³-hybridized carbons (Fsp3) is 0.333. The van der Waals surface area contributed by atoms with Crippen molar-refractivity contribution in [3.63, 3.8) is 0 Å². The molecular formula is C21H19F4N5O3S. The van der Waals surface area contributed by atoms with Crippen molar-refractivity contribution in [2.45, 2.75) is 18.6 Å². The highest BCUT2D eigenvalue weighted by atomic mass is 32.1. The first kappa shape index (κ1) is 23.7. The highest BCUT2D eigenvalue weighted by molar-refractivity contribution is 7.12. The summed E-state index contributed by atoms with van der Waals surface area (Å²) < 4.78 is 52.7. The zero-order valence-corrected chi connectivity index (χ0v) is 18.3. The highest BCUT2D eigenvalue weighted by Gasteiger charge is 2.36. The summed E-state index contributed by atoms with van der Waals surface area (Å²) in [5.74, 6) is -0.738. The maximum Gasteiger partial charge on any atom is 0.425 e. The van der Waals surface area contributed by atoms with Gasteiger partial charge in [0.05, 0.1) is 6.54 Å². The van der Waals surface area contributed by atoms with Gasteiger partial charge in [-0.3, -0.25) is 4.57 Å². The molecule has 2 atom stereocenters. The number of rotatable bonds is 6. The third-order valence-electron chi connectivity index (χ3n) is 5.57. The molecule has 0 radical (unpaired) electrons. The predicted octanol–water partition coefficient (Wildman–Crippen LogP) is 3.71. The van der Waals surface area contributed by atoms with Crippen molar-refractivity contribution in [1.82, 2.24) is 19.4 Å². The molecule has 4 rings (SSSR count). The SMILES string of the molecule is O=C(O)N1CC(CNc2ncn(Cc3ccc(C(F)(F)F)s3)c(=O)n2)C(c2ccc(F)cc2)C1. The normalized spacial score (nSPS) is 18.3. The number of carbonyl (C=O) groups is 1. The molecule has 2 aromatic heterocycles. The minimum absolute atomic E-state index is 0.0232. The molecule has 180 valence electrons. The summed E-state index contributed by atoms with van der Waals surface area (Å²) in [6.07, 6.45) is -4.31. The van der Waals surface area contributed by atoms with Crippen LogP contribution in [-0.2, 0) is 12.7 Å². The van der Waals surface area contributed by atoms with E-state index in [4.69, 9.17) is 0 Å². The van der Waals surface area contributed by atoms with Crippen LogP contribution in [0.25, 0.3) is 0 Å². The minimum Gasteiger partial charge on any atom is -0.465 e. The van der Waals surface area contributed by atoms with Crippen molar-refractivity contribution in [1.29, 1.82) is 0 Å². The van der Waals surface area contributed by atoms with Crippen LogP contribution in [0, 0.1) is 11.7 Å². The van der Waals surface area contributed by atoms with E-state index < -0.39 is 28.7 Å². The molecule has 34 heavy (non-hydrogen) atoms. The van der Waals surface area contributed by atoms with Crippen LogP contribution in [0.3, 0.4) is 0 Å². The molecule has 0 bridgehead atoms. The number of alkyl halides is 3. The Balaban J connectivity index is 1.43. The van der Waals surface area contributed by atoms with E-state index in [2.05, 4.69) is 15.3 Å². The Morgan fingerprint density at radius 2 is 1.91 bits per heavy atom. The zero-order chi connectivity index (χ0) is 24.5. The molecule has 1 amide bonds. The number of nitrogens with zero attached hydrogens (tertiary/aromatic N) is 4. The second-order valence-corrected chi connectivity index (χ2v) is 9.01. The number of anilines is 1. The molecule has 2 N–H and O–H groups in total. The highest BCUT2D eigenvalue weighted by Crippen LogP contribution is 2.35. The molecule has 0 saturated carbocycles. The quantitative estimate of drug-likeness (QED) is 0.504. The van der Waals surface area contributed by atoms with Crippen molar-refractivity contribution in [3.05, 3.63) is 74.3 Å². The predicted molar refractivity (Wildman–Crippen MR) is 115 cm³/mol. The van der Waals surface area contributed by atoms with Crippen LogP contribution in [0.15, 0.2) is 47.5 Å². The second-order valence-electron chi connectivity index (χ2n) is 7.84. The molecule has 8 nitrogen and oxygen atoms in total. The van der Waals surface area contributed by atoms with Crippen LogP contribution in [0.1, 0.15) is 21.2 Å². The van der Waals surface area contributed by atoms with E-state index >= 15 is 0 Å². The Hall–Kier alpha value is -3.48. The summed E-state index contributed by atoms with van der Waals surface area (Å²) in [6.45, 7) is 0.649. The van der Waals surface area contributed by atoms with Gasteiger partial charge in [-0.1, -0.05) is 12.1 Å². The van der Waals surface area contributed by atoms with Crippen LogP contribution in [0.4, 0.5) is 28.3 Å². The van der Waals surface area contributed by atoms with Gasteiger partial charge in [0, 0.05) is 36.3 Å². The monoisotopic (exact) mass is 497 g/mol. The van der Waals surface area contributed by atoms with Gasteiger partial charge in [-0.25, -0.2) is 19.0 Å². The van der Waals surface area contributed by atoms with Crippen LogP contribution < -0.4 is 11.0 Å².